The molecule has 1 saturated heterocycles. The van der Waals surface area contributed by atoms with Gasteiger partial charge in [-0.2, -0.15) is 0 Å². The summed E-state index contributed by atoms with van der Waals surface area (Å²) in [6.45, 7) is 2.09. The molecule has 1 fully saturated rings. The van der Waals surface area contributed by atoms with Crippen molar-refractivity contribution in [2.45, 2.75) is 18.8 Å². The van der Waals surface area contributed by atoms with Gasteiger partial charge in [-0.1, -0.05) is 11.3 Å². The van der Waals surface area contributed by atoms with E-state index in [4.69, 9.17) is 4.74 Å². The van der Waals surface area contributed by atoms with Gasteiger partial charge in [0, 0.05) is 13.0 Å². The van der Waals surface area contributed by atoms with Crippen LogP contribution in [0.2, 0.25) is 0 Å². The van der Waals surface area contributed by atoms with Crippen molar-refractivity contribution in [1.82, 2.24) is 15.5 Å². The second-order valence-electron chi connectivity index (χ2n) is 3.95. The number of carbonyl (C=O) groups is 1. The Kier molecular flexibility index (Phi) is 4.41. The maximum Gasteiger partial charge on any atom is 0.252 e. The maximum atomic E-state index is 11.3. The largest absolute Gasteiger partial charge is 0.375 e. The summed E-state index contributed by atoms with van der Waals surface area (Å²) in [7, 11) is 1.49. The van der Waals surface area contributed by atoms with Gasteiger partial charge in [0.25, 0.3) is 5.91 Å². The minimum atomic E-state index is -0.194. The van der Waals surface area contributed by atoms with Crippen molar-refractivity contribution in [2.24, 2.45) is 0 Å². The number of ether oxygens (including phenoxy) is 1. The standard InChI is InChI=1S/C10H16N4O2S/c1-16-6-8(15)12-10-14-13-9(17-10)7-2-4-11-5-3-7/h7,11H,2-6H2,1H3,(H,12,14,15). The Bertz CT molecular complexity index is 376. The van der Waals surface area contributed by atoms with Gasteiger partial charge in [-0.3, -0.25) is 10.1 Å². The summed E-state index contributed by atoms with van der Waals surface area (Å²) in [5.74, 6) is 0.280. The number of nitrogens with one attached hydrogen (secondary N) is 2. The molecule has 7 heteroatoms. The average molecular weight is 256 g/mol. The van der Waals surface area contributed by atoms with E-state index in [1.54, 1.807) is 0 Å². The van der Waals surface area contributed by atoms with Crippen LogP contribution in [0.4, 0.5) is 5.13 Å². The summed E-state index contributed by atoms with van der Waals surface area (Å²) in [5, 5.41) is 15.7. The Morgan fingerprint density at radius 3 is 3.00 bits per heavy atom. The Morgan fingerprint density at radius 2 is 2.29 bits per heavy atom. The van der Waals surface area contributed by atoms with Gasteiger partial charge in [-0.15, -0.1) is 10.2 Å². The number of anilines is 1. The first-order valence-electron chi connectivity index (χ1n) is 5.62. The smallest absolute Gasteiger partial charge is 0.252 e. The molecule has 0 saturated carbocycles. The van der Waals surface area contributed by atoms with Crippen LogP contribution in [0.25, 0.3) is 0 Å². The van der Waals surface area contributed by atoms with Gasteiger partial charge in [0.2, 0.25) is 5.13 Å². The van der Waals surface area contributed by atoms with Crippen LogP contribution in [0.15, 0.2) is 0 Å². The zero-order chi connectivity index (χ0) is 12.1. The molecule has 1 aromatic heterocycles. The van der Waals surface area contributed by atoms with Crippen molar-refractivity contribution < 1.29 is 9.53 Å². The van der Waals surface area contributed by atoms with Crippen molar-refractivity contribution in [3.8, 4) is 0 Å². The molecule has 1 aromatic rings. The molecule has 6 nitrogen and oxygen atoms in total. The topological polar surface area (TPSA) is 76.1 Å². The molecule has 0 atom stereocenters. The Balaban J connectivity index is 1.93. The molecule has 17 heavy (non-hydrogen) atoms. The highest BCUT2D eigenvalue weighted by molar-refractivity contribution is 7.15. The number of nitrogens with zero attached hydrogens (tertiary/aromatic N) is 2. The first-order chi connectivity index (χ1) is 8.29. The molecule has 0 unspecified atom stereocenters. The number of hydrogen-bond donors (Lipinski definition) is 2. The van der Waals surface area contributed by atoms with Crippen LogP contribution in [-0.4, -0.2) is 42.9 Å². The number of carbonyl (C=O) groups excluding carboxylic acids is 1. The molecule has 0 aliphatic carbocycles. The highest BCUT2D eigenvalue weighted by Gasteiger charge is 2.19. The monoisotopic (exact) mass is 256 g/mol. The lowest BCUT2D eigenvalue weighted by atomic mass is 9.99. The molecule has 2 N–H and O–H groups in total. The highest BCUT2D eigenvalue weighted by atomic mass is 32.1. The van der Waals surface area contributed by atoms with Crippen LogP contribution in [0.5, 0.6) is 0 Å². The van der Waals surface area contributed by atoms with E-state index in [2.05, 4.69) is 20.8 Å². The van der Waals surface area contributed by atoms with E-state index >= 15 is 0 Å². The predicted octanol–water partition coefficient (Wildman–Crippen LogP) is 0.590. The molecule has 0 spiro atoms. The number of amides is 1. The molecule has 1 aliphatic heterocycles. The minimum absolute atomic E-state index is 0.0439. The number of hydrogen-bond acceptors (Lipinski definition) is 6. The maximum absolute atomic E-state index is 11.3. The summed E-state index contributed by atoms with van der Waals surface area (Å²) in [6.07, 6.45) is 2.17. The summed E-state index contributed by atoms with van der Waals surface area (Å²) in [4.78, 5) is 11.3. The molecule has 2 rings (SSSR count). The van der Waals surface area contributed by atoms with Crippen LogP contribution < -0.4 is 10.6 Å². The lowest BCUT2D eigenvalue weighted by molar-refractivity contribution is -0.119. The van der Waals surface area contributed by atoms with Gasteiger partial charge in [0.1, 0.15) is 11.6 Å². The third kappa shape index (κ3) is 3.45. The predicted molar refractivity (Wildman–Crippen MR) is 65.3 cm³/mol. The van der Waals surface area contributed by atoms with Gasteiger partial charge in [-0.25, -0.2) is 0 Å². The molecule has 1 amide bonds. The highest BCUT2D eigenvalue weighted by Crippen LogP contribution is 2.29. The zero-order valence-electron chi connectivity index (χ0n) is 9.73. The van der Waals surface area contributed by atoms with Crippen LogP contribution >= 0.6 is 11.3 Å². The fraction of sp³-hybridized carbons (Fsp3) is 0.700. The van der Waals surface area contributed by atoms with Gasteiger partial charge in [0.15, 0.2) is 0 Å². The van der Waals surface area contributed by atoms with Crippen molar-refractivity contribution >= 4 is 22.4 Å². The summed E-state index contributed by atoms with van der Waals surface area (Å²) in [6, 6.07) is 0. The van der Waals surface area contributed by atoms with Crippen LogP contribution in [0.3, 0.4) is 0 Å². The molecule has 0 bridgehead atoms. The summed E-state index contributed by atoms with van der Waals surface area (Å²) >= 11 is 1.46. The lowest BCUT2D eigenvalue weighted by Crippen LogP contribution is -2.26. The third-order valence-electron chi connectivity index (χ3n) is 2.65. The Hall–Kier alpha value is -1.05. The molecule has 1 aliphatic rings. The first kappa shape index (κ1) is 12.4. The normalized spacial score (nSPS) is 17.0. The van der Waals surface area contributed by atoms with E-state index in [1.807, 2.05) is 0 Å². The second kappa shape index (κ2) is 6.04. The van der Waals surface area contributed by atoms with Gasteiger partial charge in [0.05, 0.1) is 0 Å². The third-order valence-corrected chi connectivity index (χ3v) is 3.65. The van der Waals surface area contributed by atoms with E-state index in [0.29, 0.717) is 11.0 Å². The van der Waals surface area contributed by atoms with Crippen molar-refractivity contribution in [2.75, 3.05) is 32.1 Å². The molecular formula is C10H16N4O2S. The molecule has 0 radical (unpaired) electrons. The van der Waals surface area contributed by atoms with E-state index in [1.165, 1.54) is 18.4 Å². The van der Waals surface area contributed by atoms with Gasteiger partial charge < -0.3 is 10.1 Å². The Morgan fingerprint density at radius 1 is 1.53 bits per heavy atom. The van der Waals surface area contributed by atoms with Crippen LogP contribution in [0, 0.1) is 0 Å². The van der Waals surface area contributed by atoms with E-state index in [0.717, 1.165) is 30.9 Å². The quantitative estimate of drug-likeness (QED) is 0.824. The SMILES string of the molecule is COCC(=O)Nc1nnc(C2CCNCC2)s1. The van der Waals surface area contributed by atoms with Crippen molar-refractivity contribution in [3.63, 3.8) is 0 Å². The lowest BCUT2D eigenvalue weighted by Gasteiger charge is -2.19. The first-order valence-corrected chi connectivity index (χ1v) is 6.44. The Labute approximate surface area is 104 Å². The summed E-state index contributed by atoms with van der Waals surface area (Å²) in [5.41, 5.74) is 0. The fourth-order valence-corrected chi connectivity index (χ4v) is 2.73. The summed E-state index contributed by atoms with van der Waals surface area (Å²) < 4.78 is 4.74. The van der Waals surface area contributed by atoms with Gasteiger partial charge in [-0.05, 0) is 25.9 Å². The zero-order valence-corrected chi connectivity index (χ0v) is 10.5. The average Bonchev–Trinajstić information content (AvgIpc) is 2.79. The minimum Gasteiger partial charge on any atom is -0.375 e. The molecule has 94 valence electrons. The molecular weight excluding hydrogens is 240 g/mol. The number of piperidine rings is 1. The van der Waals surface area contributed by atoms with Crippen LogP contribution in [0.1, 0.15) is 23.8 Å². The van der Waals surface area contributed by atoms with E-state index < -0.39 is 0 Å². The second-order valence-corrected chi connectivity index (χ2v) is 4.96. The van der Waals surface area contributed by atoms with Gasteiger partial charge >= 0.3 is 0 Å². The van der Waals surface area contributed by atoms with E-state index in [9.17, 15) is 4.79 Å². The molecule has 0 aromatic carbocycles. The van der Waals surface area contributed by atoms with Crippen LogP contribution in [-0.2, 0) is 9.53 Å². The van der Waals surface area contributed by atoms with Crippen molar-refractivity contribution in [1.29, 1.82) is 0 Å². The fourth-order valence-electron chi connectivity index (χ4n) is 1.81. The number of aromatic nitrogens is 2. The number of rotatable bonds is 4. The van der Waals surface area contributed by atoms with E-state index in [-0.39, 0.29) is 12.5 Å². The van der Waals surface area contributed by atoms with Crippen molar-refractivity contribution in [3.05, 3.63) is 5.01 Å². The number of methoxy groups -OCH3 is 1. The molecule has 2 heterocycles.